The average molecular weight is 309 g/mol. The molecule has 0 fully saturated rings. The molecule has 0 aliphatic carbocycles. The number of carbonyl (C=O) groups is 1. The van der Waals surface area contributed by atoms with Gasteiger partial charge in [-0.15, -0.1) is 0 Å². The van der Waals surface area contributed by atoms with Gasteiger partial charge in [0, 0.05) is 6.54 Å². The van der Waals surface area contributed by atoms with E-state index in [9.17, 15) is 4.79 Å². The quantitative estimate of drug-likeness (QED) is 0.920. The largest absolute Gasteiger partial charge is 0.358 e. The lowest BCUT2D eigenvalue weighted by atomic mass is 9.93. The third-order valence-corrected chi connectivity index (χ3v) is 4.50. The highest BCUT2D eigenvalue weighted by molar-refractivity contribution is 5.97. The molecule has 23 heavy (non-hydrogen) atoms. The number of carbonyl (C=O) groups excluding carboxylic acids is 1. The molecule has 1 aliphatic rings. The first-order chi connectivity index (χ1) is 10.9. The van der Waals surface area contributed by atoms with Gasteiger partial charge in [0.05, 0.1) is 23.5 Å². The SMILES string of the molecule is Cc1cccc2c1N(Cc1ccccc1)C(C)(C)CN2C(N)=O. The standard InChI is InChI=1S/C19H23N3O/c1-14-8-7-11-16-17(14)22(12-15-9-5-4-6-10-15)19(2,3)13-21(16)18(20)23/h4-11H,12-13H2,1-3H3,(H2,20,23). The van der Waals surface area contributed by atoms with Crippen molar-refractivity contribution in [3.05, 3.63) is 59.7 Å². The van der Waals surface area contributed by atoms with Crippen LogP contribution in [0.3, 0.4) is 0 Å². The summed E-state index contributed by atoms with van der Waals surface area (Å²) in [5.74, 6) is 0. The lowest BCUT2D eigenvalue weighted by Crippen LogP contribution is -2.58. The van der Waals surface area contributed by atoms with Crippen LogP contribution in [0.1, 0.15) is 25.0 Å². The van der Waals surface area contributed by atoms with Gasteiger partial charge in [0.1, 0.15) is 0 Å². The Morgan fingerprint density at radius 3 is 2.48 bits per heavy atom. The van der Waals surface area contributed by atoms with E-state index in [4.69, 9.17) is 5.73 Å². The molecule has 3 rings (SSSR count). The highest BCUT2D eigenvalue weighted by Crippen LogP contribution is 2.42. The molecule has 1 aliphatic heterocycles. The van der Waals surface area contributed by atoms with Gasteiger partial charge in [-0.2, -0.15) is 0 Å². The van der Waals surface area contributed by atoms with E-state index in [2.05, 4.69) is 56.0 Å². The predicted octanol–water partition coefficient (Wildman–Crippen LogP) is 3.68. The minimum Gasteiger partial charge on any atom is -0.358 e. The van der Waals surface area contributed by atoms with E-state index in [0.717, 1.165) is 23.5 Å². The molecule has 2 amide bonds. The number of aryl methyl sites for hydroxylation is 1. The van der Waals surface area contributed by atoms with Gasteiger partial charge in [-0.3, -0.25) is 4.90 Å². The summed E-state index contributed by atoms with van der Waals surface area (Å²) >= 11 is 0. The van der Waals surface area contributed by atoms with Gasteiger partial charge >= 0.3 is 6.03 Å². The molecule has 0 saturated heterocycles. The topological polar surface area (TPSA) is 49.6 Å². The summed E-state index contributed by atoms with van der Waals surface area (Å²) in [5.41, 5.74) is 9.80. The van der Waals surface area contributed by atoms with Crippen LogP contribution in [0.2, 0.25) is 0 Å². The molecular formula is C19H23N3O. The number of rotatable bonds is 2. The van der Waals surface area contributed by atoms with Crippen molar-refractivity contribution in [2.45, 2.75) is 32.9 Å². The zero-order chi connectivity index (χ0) is 16.6. The Labute approximate surface area is 137 Å². The third kappa shape index (κ3) is 2.77. The van der Waals surface area contributed by atoms with Gasteiger partial charge < -0.3 is 10.6 Å². The summed E-state index contributed by atoms with van der Waals surface area (Å²) in [6, 6.07) is 16.0. The Morgan fingerprint density at radius 1 is 1.13 bits per heavy atom. The maximum Gasteiger partial charge on any atom is 0.319 e. The van der Waals surface area contributed by atoms with Crippen molar-refractivity contribution in [3.63, 3.8) is 0 Å². The first kappa shape index (κ1) is 15.4. The Balaban J connectivity index is 2.11. The Morgan fingerprint density at radius 2 is 1.83 bits per heavy atom. The molecule has 0 unspecified atom stereocenters. The zero-order valence-corrected chi connectivity index (χ0v) is 13.9. The van der Waals surface area contributed by atoms with Gasteiger partial charge in [-0.1, -0.05) is 42.5 Å². The average Bonchev–Trinajstić information content (AvgIpc) is 2.51. The fourth-order valence-electron chi connectivity index (χ4n) is 3.33. The van der Waals surface area contributed by atoms with Gasteiger partial charge in [0.2, 0.25) is 0 Å². The molecule has 0 radical (unpaired) electrons. The second-order valence-corrected chi connectivity index (χ2v) is 6.75. The van der Waals surface area contributed by atoms with Crippen LogP contribution in [0.15, 0.2) is 48.5 Å². The summed E-state index contributed by atoms with van der Waals surface area (Å²) in [6.45, 7) is 7.77. The van der Waals surface area contributed by atoms with Crippen molar-refractivity contribution < 1.29 is 4.79 Å². The molecule has 1 heterocycles. The zero-order valence-electron chi connectivity index (χ0n) is 13.9. The summed E-state index contributed by atoms with van der Waals surface area (Å²) in [5, 5.41) is 0. The molecule has 0 bridgehead atoms. The second kappa shape index (κ2) is 5.61. The summed E-state index contributed by atoms with van der Waals surface area (Å²) in [6.07, 6.45) is 0. The fraction of sp³-hybridized carbons (Fsp3) is 0.316. The minimum absolute atomic E-state index is 0.204. The molecule has 0 spiro atoms. The van der Waals surface area contributed by atoms with E-state index >= 15 is 0 Å². The van der Waals surface area contributed by atoms with Crippen molar-refractivity contribution in [3.8, 4) is 0 Å². The van der Waals surface area contributed by atoms with Crippen LogP contribution < -0.4 is 15.5 Å². The molecular weight excluding hydrogens is 286 g/mol. The molecule has 0 aromatic heterocycles. The van der Waals surface area contributed by atoms with Crippen molar-refractivity contribution in [1.82, 2.24) is 0 Å². The van der Waals surface area contributed by atoms with Crippen LogP contribution in [0.4, 0.5) is 16.2 Å². The molecule has 4 heteroatoms. The van der Waals surface area contributed by atoms with E-state index < -0.39 is 6.03 Å². The highest BCUT2D eigenvalue weighted by Gasteiger charge is 2.39. The van der Waals surface area contributed by atoms with Crippen LogP contribution in [0, 0.1) is 6.92 Å². The number of hydrogen-bond donors (Lipinski definition) is 1. The Hall–Kier alpha value is -2.49. The van der Waals surface area contributed by atoms with E-state index in [1.807, 2.05) is 18.2 Å². The number of anilines is 2. The number of para-hydroxylation sites is 1. The van der Waals surface area contributed by atoms with Gasteiger partial charge in [0.25, 0.3) is 0 Å². The number of amides is 2. The van der Waals surface area contributed by atoms with E-state index in [0.29, 0.717) is 6.54 Å². The molecule has 0 saturated carbocycles. The predicted molar refractivity (Wildman–Crippen MR) is 94.8 cm³/mol. The van der Waals surface area contributed by atoms with E-state index in [-0.39, 0.29) is 5.54 Å². The lowest BCUT2D eigenvalue weighted by Gasteiger charge is -2.49. The van der Waals surface area contributed by atoms with Crippen LogP contribution >= 0.6 is 0 Å². The molecule has 2 aromatic carbocycles. The van der Waals surface area contributed by atoms with E-state index in [1.165, 1.54) is 5.56 Å². The molecule has 2 N–H and O–H groups in total. The normalized spacial score (nSPS) is 16.1. The fourth-order valence-corrected chi connectivity index (χ4v) is 3.33. The Bertz CT molecular complexity index is 725. The third-order valence-electron chi connectivity index (χ3n) is 4.50. The van der Waals surface area contributed by atoms with Crippen LogP contribution in [0.25, 0.3) is 0 Å². The van der Waals surface area contributed by atoms with Gasteiger partial charge in [0.15, 0.2) is 0 Å². The number of benzene rings is 2. The summed E-state index contributed by atoms with van der Waals surface area (Å²) in [4.78, 5) is 16.0. The van der Waals surface area contributed by atoms with Crippen molar-refractivity contribution in [1.29, 1.82) is 0 Å². The molecule has 2 aromatic rings. The minimum atomic E-state index is -0.399. The van der Waals surface area contributed by atoms with Crippen LogP contribution in [0.5, 0.6) is 0 Å². The van der Waals surface area contributed by atoms with Crippen molar-refractivity contribution in [2.24, 2.45) is 5.73 Å². The first-order valence-corrected chi connectivity index (χ1v) is 7.88. The number of nitrogens with two attached hydrogens (primary N) is 1. The second-order valence-electron chi connectivity index (χ2n) is 6.75. The van der Waals surface area contributed by atoms with Crippen LogP contribution in [-0.2, 0) is 6.54 Å². The summed E-state index contributed by atoms with van der Waals surface area (Å²) in [7, 11) is 0. The van der Waals surface area contributed by atoms with Crippen LogP contribution in [-0.4, -0.2) is 18.1 Å². The monoisotopic (exact) mass is 309 g/mol. The number of primary amides is 1. The Kier molecular flexibility index (Phi) is 3.76. The number of hydrogen-bond acceptors (Lipinski definition) is 2. The lowest BCUT2D eigenvalue weighted by molar-refractivity contribution is 0.251. The number of fused-ring (bicyclic) bond motifs is 1. The van der Waals surface area contributed by atoms with Crippen molar-refractivity contribution >= 4 is 17.4 Å². The van der Waals surface area contributed by atoms with Crippen molar-refractivity contribution in [2.75, 3.05) is 16.3 Å². The molecule has 120 valence electrons. The van der Waals surface area contributed by atoms with Gasteiger partial charge in [-0.25, -0.2) is 4.79 Å². The molecule has 4 nitrogen and oxygen atoms in total. The van der Waals surface area contributed by atoms with Gasteiger partial charge in [-0.05, 0) is 38.0 Å². The van der Waals surface area contributed by atoms with E-state index in [1.54, 1.807) is 4.90 Å². The molecule has 0 atom stereocenters. The number of nitrogens with zero attached hydrogens (tertiary/aromatic N) is 2. The maximum atomic E-state index is 11.9. The maximum absolute atomic E-state index is 11.9. The first-order valence-electron chi connectivity index (χ1n) is 7.88. The highest BCUT2D eigenvalue weighted by atomic mass is 16.2. The summed E-state index contributed by atoms with van der Waals surface area (Å²) < 4.78 is 0. The number of urea groups is 1. The smallest absolute Gasteiger partial charge is 0.319 e.